The van der Waals surface area contributed by atoms with Gasteiger partial charge < -0.3 is 14.5 Å². The molecule has 1 aromatic heterocycles. The van der Waals surface area contributed by atoms with Crippen LogP contribution >= 0.6 is 22.6 Å². The molecule has 0 bridgehead atoms. The molecule has 5 nitrogen and oxygen atoms in total. The number of nitrogens with one attached hydrogen (secondary N) is 1. The van der Waals surface area contributed by atoms with Gasteiger partial charge in [0.25, 0.3) is 5.56 Å². The van der Waals surface area contributed by atoms with Crippen LogP contribution in [0.3, 0.4) is 0 Å². The van der Waals surface area contributed by atoms with Gasteiger partial charge in [0.05, 0.1) is 30.9 Å². The van der Waals surface area contributed by atoms with Gasteiger partial charge in [-0.2, -0.15) is 0 Å². The minimum atomic E-state index is -0.179. The number of rotatable bonds is 5. The molecule has 0 amide bonds. The zero-order valence-corrected chi connectivity index (χ0v) is 12.1. The molecule has 0 saturated carbocycles. The van der Waals surface area contributed by atoms with Gasteiger partial charge in [-0.25, -0.2) is 4.98 Å². The summed E-state index contributed by atoms with van der Waals surface area (Å²) >= 11 is 2.29. The van der Waals surface area contributed by atoms with Gasteiger partial charge in [-0.3, -0.25) is 4.79 Å². The van der Waals surface area contributed by atoms with Crippen LogP contribution in [0.5, 0.6) is 11.5 Å². The molecule has 2 rings (SSSR count). The van der Waals surface area contributed by atoms with Crippen LogP contribution in [0.2, 0.25) is 0 Å². The first kappa shape index (κ1) is 13.1. The maximum absolute atomic E-state index is 11.7. The number of aromatic amines is 1. The summed E-state index contributed by atoms with van der Waals surface area (Å²) in [5, 5.41) is 0.503. The van der Waals surface area contributed by atoms with Gasteiger partial charge in [0.1, 0.15) is 0 Å². The van der Waals surface area contributed by atoms with Gasteiger partial charge >= 0.3 is 0 Å². The highest BCUT2D eigenvalue weighted by Crippen LogP contribution is 2.30. The lowest BCUT2D eigenvalue weighted by Gasteiger charge is -2.10. The Morgan fingerprint density at radius 3 is 2.94 bits per heavy atom. The first-order valence-electron chi connectivity index (χ1n) is 5.50. The van der Waals surface area contributed by atoms with E-state index in [0.717, 1.165) is 10.8 Å². The SMILES string of the molecule is COc1cc2nc[nH]c(=O)c2cc1OCCCI. The molecule has 0 atom stereocenters. The van der Waals surface area contributed by atoms with E-state index in [0.29, 0.717) is 29.0 Å². The average Bonchev–Trinajstić information content (AvgIpc) is 2.39. The Bertz CT molecular complexity index is 597. The van der Waals surface area contributed by atoms with Crippen LogP contribution < -0.4 is 15.0 Å². The number of halogens is 1. The molecule has 0 aliphatic heterocycles. The van der Waals surface area contributed by atoms with Gasteiger partial charge in [0.15, 0.2) is 11.5 Å². The van der Waals surface area contributed by atoms with Crippen molar-refractivity contribution in [3.05, 3.63) is 28.8 Å². The zero-order valence-electron chi connectivity index (χ0n) is 9.90. The zero-order chi connectivity index (χ0) is 13.0. The number of methoxy groups -OCH3 is 1. The molecule has 0 unspecified atom stereocenters. The molecule has 2 aromatic rings. The van der Waals surface area contributed by atoms with Crippen molar-refractivity contribution in [2.45, 2.75) is 6.42 Å². The number of H-pyrrole nitrogens is 1. The number of alkyl halides is 1. The molecule has 1 aromatic carbocycles. The van der Waals surface area contributed by atoms with Crippen molar-refractivity contribution in [2.24, 2.45) is 0 Å². The quantitative estimate of drug-likeness (QED) is 0.504. The van der Waals surface area contributed by atoms with E-state index in [1.165, 1.54) is 6.33 Å². The van der Waals surface area contributed by atoms with Crippen molar-refractivity contribution in [3.8, 4) is 11.5 Å². The largest absolute Gasteiger partial charge is 0.493 e. The average molecular weight is 360 g/mol. The van der Waals surface area contributed by atoms with E-state index in [9.17, 15) is 4.79 Å². The lowest BCUT2D eigenvalue weighted by atomic mass is 10.2. The molecule has 1 heterocycles. The van der Waals surface area contributed by atoms with Gasteiger partial charge in [-0.05, 0) is 12.5 Å². The lowest BCUT2D eigenvalue weighted by molar-refractivity contribution is 0.296. The highest BCUT2D eigenvalue weighted by atomic mass is 127. The van der Waals surface area contributed by atoms with Crippen molar-refractivity contribution in [2.75, 3.05) is 18.1 Å². The molecule has 0 aliphatic rings. The fourth-order valence-electron chi connectivity index (χ4n) is 1.59. The summed E-state index contributed by atoms with van der Waals surface area (Å²) in [6.45, 7) is 0.600. The second-order valence-electron chi connectivity index (χ2n) is 3.64. The predicted octanol–water partition coefficient (Wildman–Crippen LogP) is 2.14. The van der Waals surface area contributed by atoms with E-state index >= 15 is 0 Å². The summed E-state index contributed by atoms with van der Waals surface area (Å²) in [4.78, 5) is 18.3. The number of ether oxygens (including phenoxy) is 2. The topological polar surface area (TPSA) is 64.2 Å². The van der Waals surface area contributed by atoms with E-state index < -0.39 is 0 Å². The minimum absolute atomic E-state index is 0.179. The van der Waals surface area contributed by atoms with Gasteiger partial charge in [0, 0.05) is 10.5 Å². The van der Waals surface area contributed by atoms with Gasteiger partial charge in [-0.1, -0.05) is 22.6 Å². The Labute approximate surface area is 118 Å². The number of nitrogens with zero attached hydrogens (tertiary/aromatic N) is 1. The van der Waals surface area contributed by atoms with E-state index in [1.807, 2.05) is 0 Å². The molecule has 1 N–H and O–H groups in total. The second kappa shape index (κ2) is 6.03. The van der Waals surface area contributed by atoms with E-state index in [4.69, 9.17) is 9.47 Å². The molecule has 0 aliphatic carbocycles. The minimum Gasteiger partial charge on any atom is -0.493 e. The van der Waals surface area contributed by atoms with Gasteiger partial charge in [-0.15, -0.1) is 0 Å². The van der Waals surface area contributed by atoms with Crippen LogP contribution in [0.15, 0.2) is 23.3 Å². The van der Waals surface area contributed by atoms with E-state index in [1.54, 1.807) is 19.2 Å². The molecular formula is C12H13IN2O3. The van der Waals surface area contributed by atoms with Crippen molar-refractivity contribution in [1.82, 2.24) is 9.97 Å². The third-order valence-electron chi connectivity index (χ3n) is 2.46. The fraction of sp³-hybridized carbons (Fsp3) is 0.333. The second-order valence-corrected chi connectivity index (χ2v) is 4.72. The number of fused-ring (bicyclic) bond motifs is 1. The lowest BCUT2D eigenvalue weighted by Crippen LogP contribution is -2.07. The maximum Gasteiger partial charge on any atom is 0.258 e. The highest BCUT2D eigenvalue weighted by Gasteiger charge is 2.09. The predicted molar refractivity (Wildman–Crippen MR) is 77.9 cm³/mol. The number of hydrogen-bond acceptors (Lipinski definition) is 4. The number of hydrogen-bond donors (Lipinski definition) is 1. The summed E-state index contributed by atoms with van der Waals surface area (Å²) < 4.78 is 11.9. The van der Waals surface area contributed by atoms with Crippen molar-refractivity contribution in [1.29, 1.82) is 0 Å². The smallest absolute Gasteiger partial charge is 0.258 e. The Balaban J connectivity index is 2.43. The summed E-state index contributed by atoms with van der Waals surface area (Å²) in [6.07, 6.45) is 2.33. The van der Waals surface area contributed by atoms with Crippen LogP contribution in [-0.2, 0) is 0 Å². The summed E-state index contributed by atoms with van der Waals surface area (Å²) in [6, 6.07) is 3.39. The molecule has 0 radical (unpaired) electrons. The Kier molecular flexibility index (Phi) is 4.40. The van der Waals surface area contributed by atoms with E-state index in [-0.39, 0.29) is 5.56 Å². The van der Waals surface area contributed by atoms with Gasteiger partial charge in [0.2, 0.25) is 0 Å². The monoisotopic (exact) mass is 360 g/mol. The Hall–Kier alpha value is -1.31. The van der Waals surface area contributed by atoms with Crippen LogP contribution in [-0.4, -0.2) is 28.1 Å². The highest BCUT2D eigenvalue weighted by molar-refractivity contribution is 14.1. The first-order chi connectivity index (χ1) is 8.76. The Morgan fingerprint density at radius 2 is 2.22 bits per heavy atom. The molecule has 18 heavy (non-hydrogen) atoms. The van der Waals surface area contributed by atoms with E-state index in [2.05, 4.69) is 32.6 Å². The first-order valence-corrected chi connectivity index (χ1v) is 7.03. The molecule has 96 valence electrons. The normalized spacial score (nSPS) is 10.6. The molecule has 0 spiro atoms. The summed E-state index contributed by atoms with van der Waals surface area (Å²) in [7, 11) is 1.57. The van der Waals surface area contributed by atoms with Crippen LogP contribution in [0.25, 0.3) is 10.9 Å². The third-order valence-corrected chi connectivity index (χ3v) is 3.22. The summed E-state index contributed by atoms with van der Waals surface area (Å²) in [5.74, 6) is 1.17. The van der Waals surface area contributed by atoms with Crippen molar-refractivity contribution < 1.29 is 9.47 Å². The maximum atomic E-state index is 11.7. The molecule has 6 heteroatoms. The van der Waals surface area contributed by atoms with Crippen molar-refractivity contribution in [3.63, 3.8) is 0 Å². The molecule has 0 fully saturated rings. The molecule has 0 saturated heterocycles. The van der Waals surface area contributed by atoms with Crippen molar-refractivity contribution >= 4 is 33.5 Å². The van der Waals surface area contributed by atoms with Crippen LogP contribution in [0, 0.1) is 0 Å². The fourth-order valence-corrected chi connectivity index (χ4v) is 1.90. The number of benzene rings is 1. The standard InChI is InChI=1S/C12H13IN2O3/c1-17-10-6-9-8(12(16)15-7-14-9)5-11(10)18-4-2-3-13/h5-7H,2-4H2,1H3,(H,14,15,16). The Morgan fingerprint density at radius 1 is 1.39 bits per heavy atom. The third kappa shape index (κ3) is 2.74. The number of aromatic nitrogens is 2. The summed E-state index contributed by atoms with van der Waals surface area (Å²) in [5.41, 5.74) is 0.415. The molecular weight excluding hydrogens is 347 g/mol. The van der Waals surface area contributed by atoms with Crippen LogP contribution in [0.1, 0.15) is 6.42 Å². The van der Waals surface area contributed by atoms with Crippen LogP contribution in [0.4, 0.5) is 0 Å².